The number of hydrogen-bond donors (Lipinski definition) is 1. The SMILES string of the molecule is c1ccc2cc(CNCCc3nccs3)ccc2c1. The Morgan fingerprint density at radius 1 is 1.05 bits per heavy atom. The summed E-state index contributed by atoms with van der Waals surface area (Å²) in [5.74, 6) is 0. The molecule has 3 heteroatoms. The third kappa shape index (κ3) is 3.19. The predicted molar refractivity (Wildman–Crippen MR) is 81.5 cm³/mol. The van der Waals surface area contributed by atoms with Crippen LogP contribution in [0.5, 0.6) is 0 Å². The number of nitrogens with zero attached hydrogens (tertiary/aromatic N) is 1. The molecule has 3 aromatic rings. The van der Waals surface area contributed by atoms with Crippen LogP contribution in [0.2, 0.25) is 0 Å². The Hall–Kier alpha value is -1.71. The zero-order valence-corrected chi connectivity index (χ0v) is 11.5. The highest BCUT2D eigenvalue weighted by molar-refractivity contribution is 7.09. The van der Waals surface area contributed by atoms with Crippen molar-refractivity contribution in [3.63, 3.8) is 0 Å². The number of thiazole rings is 1. The molecule has 0 fully saturated rings. The second kappa shape index (κ2) is 5.95. The van der Waals surface area contributed by atoms with Crippen LogP contribution in [0, 0.1) is 0 Å². The summed E-state index contributed by atoms with van der Waals surface area (Å²) in [5.41, 5.74) is 1.33. The summed E-state index contributed by atoms with van der Waals surface area (Å²) in [7, 11) is 0. The summed E-state index contributed by atoms with van der Waals surface area (Å²) < 4.78 is 0. The lowest BCUT2D eigenvalue weighted by Crippen LogP contribution is -2.16. The van der Waals surface area contributed by atoms with Crippen LogP contribution in [-0.4, -0.2) is 11.5 Å². The molecule has 19 heavy (non-hydrogen) atoms. The molecule has 1 N–H and O–H groups in total. The number of rotatable bonds is 5. The maximum atomic E-state index is 4.28. The number of hydrogen-bond acceptors (Lipinski definition) is 3. The standard InChI is InChI=1S/C16H16N2S/c1-2-4-15-11-13(5-6-14(15)3-1)12-17-8-7-16-18-9-10-19-16/h1-6,9-11,17H,7-8,12H2. The fourth-order valence-corrected chi connectivity index (χ4v) is 2.77. The van der Waals surface area contributed by atoms with Gasteiger partial charge in [0.1, 0.15) is 0 Å². The number of aromatic nitrogens is 1. The highest BCUT2D eigenvalue weighted by Crippen LogP contribution is 2.15. The Bertz CT molecular complexity index is 647. The monoisotopic (exact) mass is 268 g/mol. The Kier molecular flexibility index (Phi) is 3.86. The van der Waals surface area contributed by atoms with E-state index in [0.29, 0.717) is 0 Å². The van der Waals surface area contributed by atoms with Crippen LogP contribution >= 0.6 is 11.3 Å². The lowest BCUT2D eigenvalue weighted by molar-refractivity contribution is 0.686. The molecule has 0 aliphatic heterocycles. The minimum Gasteiger partial charge on any atom is -0.312 e. The molecule has 0 atom stereocenters. The fraction of sp³-hybridized carbons (Fsp3) is 0.188. The van der Waals surface area contributed by atoms with Gasteiger partial charge in [-0.05, 0) is 22.4 Å². The average Bonchev–Trinajstić information content (AvgIpc) is 2.97. The number of fused-ring (bicyclic) bond motifs is 1. The van der Waals surface area contributed by atoms with Gasteiger partial charge < -0.3 is 5.32 Å². The second-order valence-corrected chi connectivity index (χ2v) is 5.51. The maximum absolute atomic E-state index is 4.28. The van der Waals surface area contributed by atoms with E-state index in [0.717, 1.165) is 19.5 Å². The minimum atomic E-state index is 0.913. The van der Waals surface area contributed by atoms with Crippen LogP contribution in [0.3, 0.4) is 0 Å². The van der Waals surface area contributed by atoms with Gasteiger partial charge >= 0.3 is 0 Å². The van der Waals surface area contributed by atoms with Gasteiger partial charge in [0.25, 0.3) is 0 Å². The number of nitrogens with one attached hydrogen (secondary N) is 1. The smallest absolute Gasteiger partial charge is 0.0937 e. The van der Waals surface area contributed by atoms with Crippen molar-refractivity contribution in [2.24, 2.45) is 0 Å². The predicted octanol–water partition coefficient (Wildman–Crippen LogP) is 3.63. The summed E-state index contributed by atoms with van der Waals surface area (Å²) in [6.45, 7) is 1.89. The van der Waals surface area contributed by atoms with E-state index in [9.17, 15) is 0 Å². The molecule has 96 valence electrons. The molecule has 3 rings (SSSR count). The summed E-state index contributed by atoms with van der Waals surface area (Å²) in [6.07, 6.45) is 2.87. The van der Waals surface area contributed by atoms with Crippen LogP contribution < -0.4 is 5.32 Å². The summed E-state index contributed by atoms with van der Waals surface area (Å²) in [5, 5.41) is 9.30. The zero-order valence-electron chi connectivity index (χ0n) is 10.7. The Balaban J connectivity index is 1.56. The van der Waals surface area contributed by atoms with E-state index in [4.69, 9.17) is 0 Å². The molecule has 1 heterocycles. The van der Waals surface area contributed by atoms with Gasteiger partial charge in [0.05, 0.1) is 5.01 Å². The van der Waals surface area contributed by atoms with Gasteiger partial charge in [0.15, 0.2) is 0 Å². The first kappa shape index (κ1) is 12.3. The molecule has 0 saturated heterocycles. The van der Waals surface area contributed by atoms with Gasteiger partial charge in [-0.15, -0.1) is 11.3 Å². The van der Waals surface area contributed by atoms with E-state index in [1.54, 1.807) is 11.3 Å². The molecule has 2 nitrogen and oxygen atoms in total. The van der Waals surface area contributed by atoms with E-state index in [1.807, 2.05) is 11.6 Å². The fourth-order valence-electron chi connectivity index (χ4n) is 2.15. The van der Waals surface area contributed by atoms with Gasteiger partial charge in [-0.25, -0.2) is 4.98 Å². The molecule has 0 unspecified atom stereocenters. The first-order valence-electron chi connectivity index (χ1n) is 6.48. The molecule has 2 aromatic carbocycles. The van der Waals surface area contributed by atoms with Crippen LogP contribution in [0.15, 0.2) is 54.0 Å². The van der Waals surface area contributed by atoms with Crippen molar-refractivity contribution in [2.75, 3.05) is 6.54 Å². The third-order valence-corrected chi connectivity index (χ3v) is 3.98. The lowest BCUT2D eigenvalue weighted by atomic mass is 10.1. The number of benzene rings is 2. The van der Waals surface area contributed by atoms with Crippen molar-refractivity contribution in [1.82, 2.24) is 10.3 Å². The quantitative estimate of drug-likeness (QED) is 0.715. The molecule has 0 aliphatic rings. The Morgan fingerprint density at radius 2 is 1.95 bits per heavy atom. The molecule has 0 saturated carbocycles. The van der Waals surface area contributed by atoms with Crippen molar-refractivity contribution in [3.05, 3.63) is 64.6 Å². The first-order valence-corrected chi connectivity index (χ1v) is 7.36. The molecular weight excluding hydrogens is 252 g/mol. The minimum absolute atomic E-state index is 0.913. The first-order chi connectivity index (χ1) is 9.42. The molecule has 0 amide bonds. The summed E-state index contributed by atoms with van der Waals surface area (Å²) >= 11 is 1.72. The molecule has 0 radical (unpaired) electrons. The molecular formula is C16H16N2S. The highest BCUT2D eigenvalue weighted by Gasteiger charge is 1.97. The van der Waals surface area contributed by atoms with E-state index in [-0.39, 0.29) is 0 Å². The Labute approximate surface area is 117 Å². The lowest BCUT2D eigenvalue weighted by Gasteiger charge is -2.05. The van der Waals surface area contributed by atoms with Crippen molar-refractivity contribution in [1.29, 1.82) is 0 Å². The molecule has 1 aromatic heterocycles. The van der Waals surface area contributed by atoms with Crippen molar-refractivity contribution in [3.8, 4) is 0 Å². The molecule has 0 aliphatic carbocycles. The Morgan fingerprint density at radius 3 is 2.79 bits per heavy atom. The van der Waals surface area contributed by atoms with Crippen LogP contribution in [0.25, 0.3) is 10.8 Å². The van der Waals surface area contributed by atoms with E-state index >= 15 is 0 Å². The zero-order chi connectivity index (χ0) is 12.9. The van der Waals surface area contributed by atoms with Gasteiger partial charge in [-0.2, -0.15) is 0 Å². The van der Waals surface area contributed by atoms with Gasteiger partial charge in [-0.3, -0.25) is 0 Å². The van der Waals surface area contributed by atoms with E-state index in [2.05, 4.69) is 52.8 Å². The molecule has 0 spiro atoms. The van der Waals surface area contributed by atoms with Crippen LogP contribution in [0.4, 0.5) is 0 Å². The van der Waals surface area contributed by atoms with Crippen molar-refractivity contribution >= 4 is 22.1 Å². The van der Waals surface area contributed by atoms with Gasteiger partial charge in [0, 0.05) is 31.1 Å². The van der Waals surface area contributed by atoms with Gasteiger partial charge in [-0.1, -0.05) is 36.4 Å². The second-order valence-electron chi connectivity index (χ2n) is 4.53. The third-order valence-electron chi connectivity index (χ3n) is 3.14. The largest absolute Gasteiger partial charge is 0.312 e. The van der Waals surface area contributed by atoms with Gasteiger partial charge in [0.2, 0.25) is 0 Å². The van der Waals surface area contributed by atoms with Crippen LogP contribution in [0.1, 0.15) is 10.6 Å². The topological polar surface area (TPSA) is 24.9 Å². The molecule has 0 bridgehead atoms. The normalized spacial score (nSPS) is 10.9. The van der Waals surface area contributed by atoms with E-state index in [1.165, 1.54) is 21.3 Å². The maximum Gasteiger partial charge on any atom is 0.0937 e. The van der Waals surface area contributed by atoms with Crippen LogP contribution in [-0.2, 0) is 13.0 Å². The average molecular weight is 268 g/mol. The highest BCUT2D eigenvalue weighted by atomic mass is 32.1. The van der Waals surface area contributed by atoms with Crippen molar-refractivity contribution < 1.29 is 0 Å². The van der Waals surface area contributed by atoms with Crippen molar-refractivity contribution in [2.45, 2.75) is 13.0 Å². The van der Waals surface area contributed by atoms with E-state index < -0.39 is 0 Å². The summed E-state index contributed by atoms with van der Waals surface area (Å²) in [6, 6.07) is 15.1. The summed E-state index contributed by atoms with van der Waals surface area (Å²) in [4.78, 5) is 4.28.